The van der Waals surface area contributed by atoms with E-state index >= 15 is 0 Å². The molecule has 4 amide bonds. The minimum absolute atomic E-state index is 0.0875. The van der Waals surface area contributed by atoms with Crippen LogP contribution in [0.3, 0.4) is 0 Å². The van der Waals surface area contributed by atoms with Crippen molar-refractivity contribution < 1.29 is 24.0 Å². The number of likely N-dealkylation sites (tertiary alicyclic amines) is 2. The molecule has 4 unspecified atom stereocenters. The molecule has 232 valence electrons. The number of amides is 4. The van der Waals surface area contributed by atoms with Crippen molar-refractivity contribution in [2.45, 2.75) is 98.3 Å². The van der Waals surface area contributed by atoms with E-state index < -0.39 is 24.2 Å². The molecule has 4 atom stereocenters. The summed E-state index contributed by atoms with van der Waals surface area (Å²) >= 11 is 0. The van der Waals surface area contributed by atoms with Crippen molar-refractivity contribution in [1.29, 1.82) is 0 Å². The summed E-state index contributed by atoms with van der Waals surface area (Å²) in [5, 5.41) is 5.69. The highest BCUT2D eigenvalue weighted by molar-refractivity contribution is 6.01. The van der Waals surface area contributed by atoms with E-state index in [4.69, 9.17) is 0 Å². The average Bonchev–Trinajstić information content (AvgIpc) is 3.51. The lowest BCUT2D eigenvalue weighted by Gasteiger charge is -2.30. The average molecular weight is 584 g/mol. The van der Waals surface area contributed by atoms with Crippen molar-refractivity contribution in [3.05, 3.63) is 29.8 Å². The van der Waals surface area contributed by atoms with Gasteiger partial charge in [-0.25, -0.2) is 0 Å². The zero-order valence-corrected chi connectivity index (χ0v) is 26.3. The maximum absolute atomic E-state index is 13.9. The third-order valence-corrected chi connectivity index (χ3v) is 8.27. The number of ketones is 1. The van der Waals surface area contributed by atoms with E-state index in [1.807, 2.05) is 26.0 Å². The molecule has 2 aliphatic heterocycles. The van der Waals surface area contributed by atoms with Crippen LogP contribution in [0.15, 0.2) is 24.3 Å². The number of carbonyl (C=O) groups excluding carboxylic acids is 5. The lowest BCUT2D eigenvalue weighted by atomic mass is 10.0. The second-order valence-electron chi connectivity index (χ2n) is 12.4. The first-order chi connectivity index (χ1) is 19.9. The Kier molecular flexibility index (Phi) is 11.5. The van der Waals surface area contributed by atoms with E-state index in [-0.39, 0.29) is 41.9 Å². The van der Waals surface area contributed by atoms with Crippen molar-refractivity contribution in [1.82, 2.24) is 20.4 Å². The number of benzene rings is 1. The Hall–Kier alpha value is -3.43. The van der Waals surface area contributed by atoms with Crippen molar-refractivity contribution in [3.8, 4) is 0 Å². The fraction of sp³-hybridized carbons (Fsp3) is 0.656. The second kappa shape index (κ2) is 14.6. The van der Waals surface area contributed by atoms with Gasteiger partial charge in [0.2, 0.25) is 17.7 Å². The Morgan fingerprint density at radius 1 is 0.881 bits per heavy atom. The fourth-order valence-corrected chi connectivity index (χ4v) is 6.11. The summed E-state index contributed by atoms with van der Waals surface area (Å²) in [7, 11) is 0. The summed E-state index contributed by atoms with van der Waals surface area (Å²) in [5.74, 6) is -0.918. The van der Waals surface area contributed by atoms with E-state index in [9.17, 15) is 24.0 Å². The quantitative estimate of drug-likeness (QED) is 0.369. The van der Waals surface area contributed by atoms with Crippen LogP contribution < -0.4 is 15.5 Å². The summed E-state index contributed by atoms with van der Waals surface area (Å²) in [4.78, 5) is 71.0. The Bertz CT molecular complexity index is 1130. The molecule has 10 heteroatoms. The normalized spacial score (nSPS) is 19.6. The highest BCUT2D eigenvalue weighted by atomic mass is 16.2. The first-order valence-corrected chi connectivity index (χ1v) is 15.4. The monoisotopic (exact) mass is 583 g/mol. The van der Waals surface area contributed by atoms with Gasteiger partial charge in [-0.15, -0.1) is 0 Å². The lowest BCUT2D eigenvalue weighted by molar-refractivity contribution is -0.138. The van der Waals surface area contributed by atoms with Crippen LogP contribution >= 0.6 is 0 Å². The summed E-state index contributed by atoms with van der Waals surface area (Å²) in [6.07, 6.45) is 2.14. The Labute approximate surface area is 250 Å². The van der Waals surface area contributed by atoms with Gasteiger partial charge >= 0.3 is 0 Å². The molecule has 10 nitrogen and oxygen atoms in total. The molecule has 0 aromatic heterocycles. The van der Waals surface area contributed by atoms with Gasteiger partial charge in [-0.3, -0.25) is 24.0 Å². The summed E-state index contributed by atoms with van der Waals surface area (Å²) in [6.45, 7) is 15.6. The molecule has 2 N–H and O–H groups in total. The molecule has 42 heavy (non-hydrogen) atoms. The van der Waals surface area contributed by atoms with Gasteiger partial charge in [-0.05, 0) is 75.6 Å². The highest BCUT2D eigenvalue weighted by Crippen LogP contribution is 2.31. The van der Waals surface area contributed by atoms with Crippen molar-refractivity contribution in [2.24, 2.45) is 11.8 Å². The SMILES string of the molecule is CCN(CC)c1ccc(C(=O)NC(CC(C)C)C(=O)N2CCC3C2C(=O)CN3C(=O)C(CCC(C)C)NC(C)=O)cc1. The van der Waals surface area contributed by atoms with Gasteiger partial charge in [-0.1, -0.05) is 27.7 Å². The molecule has 0 radical (unpaired) electrons. The van der Waals surface area contributed by atoms with Crippen molar-refractivity contribution >= 4 is 35.1 Å². The number of hydrogen-bond donors (Lipinski definition) is 2. The van der Waals surface area contributed by atoms with Gasteiger partial charge in [0.15, 0.2) is 5.78 Å². The zero-order chi connectivity index (χ0) is 31.1. The van der Waals surface area contributed by atoms with E-state index in [2.05, 4.69) is 43.2 Å². The number of fused-ring (bicyclic) bond motifs is 1. The van der Waals surface area contributed by atoms with Gasteiger partial charge in [0.05, 0.1) is 12.6 Å². The third kappa shape index (κ3) is 7.89. The van der Waals surface area contributed by atoms with E-state index in [0.29, 0.717) is 37.3 Å². The van der Waals surface area contributed by atoms with Crippen LogP contribution in [-0.2, 0) is 19.2 Å². The number of rotatable bonds is 13. The number of carbonyl (C=O) groups is 5. The zero-order valence-electron chi connectivity index (χ0n) is 26.3. The standard InChI is InChI=1S/C32H49N5O5/c1-8-35(9-2)24-13-11-23(12-14-24)30(40)34-26(18-21(5)6)32(42)36-17-16-27-29(36)28(39)19-37(27)31(41)25(33-22(7)38)15-10-20(3)4/h11-14,20-21,25-27,29H,8-10,15-19H2,1-7H3,(H,33,38)(H,34,40). The number of Topliss-reactive ketones (excluding diaryl/α,β-unsaturated/α-hetero) is 1. The van der Waals surface area contributed by atoms with Crippen LogP contribution in [0.4, 0.5) is 5.69 Å². The predicted octanol–water partition coefficient (Wildman–Crippen LogP) is 3.00. The second-order valence-corrected chi connectivity index (χ2v) is 12.4. The molecule has 2 saturated heterocycles. The van der Waals surface area contributed by atoms with Crippen LogP contribution in [-0.4, -0.2) is 89.6 Å². The van der Waals surface area contributed by atoms with Gasteiger partial charge in [-0.2, -0.15) is 0 Å². The van der Waals surface area contributed by atoms with Crippen molar-refractivity contribution in [3.63, 3.8) is 0 Å². The first-order valence-electron chi connectivity index (χ1n) is 15.4. The number of nitrogens with zero attached hydrogens (tertiary/aromatic N) is 3. The summed E-state index contributed by atoms with van der Waals surface area (Å²) in [6, 6.07) is 4.66. The topological polar surface area (TPSA) is 119 Å². The smallest absolute Gasteiger partial charge is 0.251 e. The van der Waals surface area contributed by atoms with E-state index in [0.717, 1.165) is 25.2 Å². The Morgan fingerprint density at radius 3 is 2.05 bits per heavy atom. The van der Waals surface area contributed by atoms with Crippen LogP contribution in [0, 0.1) is 11.8 Å². The van der Waals surface area contributed by atoms with Crippen LogP contribution in [0.1, 0.15) is 84.5 Å². The molecular formula is C32H49N5O5. The molecule has 0 spiro atoms. The van der Waals surface area contributed by atoms with Gasteiger partial charge < -0.3 is 25.3 Å². The number of nitrogens with one attached hydrogen (secondary N) is 2. The molecule has 1 aromatic carbocycles. The van der Waals surface area contributed by atoms with Gasteiger partial charge in [0.25, 0.3) is 5.91 Å². The minimum atomic E-state index is -0.797. The molecule has 0 bridgehead atoms. The lowest BCUT2D eigenvalue weighted by Crippen LogP contribution is -2.53. The van der Waals surface area contributed by atoms with Gasteiger partial charge in [0, 0.05) is 37.8 Å². The summed E-state index contributed by atoms with van der Waals surface area (Å²) in [5.41, 5.74) is 1.49. The summed E-state index contributed by atoms with van der Waals surface area (Å²) < 4.78 is 0. The molecule has 3 rings (SSSR count). The molecule has 2 aliphatic rings. The van der Waals surface area contributed by atoms with E-state index in [1.54, 1.807) is 21.9 Å². The minimum Gasteiger partial charge on any atom is -0.372 e. The highest BCUT2D eigenvalue weighted by Gasteiger charge is 2.53. The maximum atomic E-state index is 13.9. The molecule has 2 fully saturated rings. The fourth-order valence-electron chi connectivity index (χ4n) is 6.11. The van der Waals surface area contributed by atoms with Crippen molar-refractivity contribution in [2.75, 3.05) is 31.1 Å². The van der Waals surface area contributed by atoms with Gasteiger partial charge in [0.1, 0.15) is 18.1 Å². The van der Waals surface area contributed by atoms with E-state index in [1.165, 1.54) is 6.92 Å². The molecular weight excluding hydrogens is 534 g/mol. The van der Waals surface area contributed by atoms with Crippen LogP contribution in [0.25, 0.3) is 0 Å². The first kappa shape index (κ1) is 33.1. The van der Waals surface area contributed by atoms with Crippen LogP contribution in [0.2, 0.25) is 0 Å². The molecule has 2 heterocycles. The Morgan fingerprint density at radius 2 is 1.50 bits per heavy atom. The third-order valence-electron chi connectivity index (χ3n) is 8.27. The number of hydrogen-bond acceptors (Lipinski definition) is 6. The molecule has 1 aromatic rings. The molecule has 0 aliphatic carbocycles. The number of anilines is 1. The molecule has 0 saturated carbocycles. The Balaban J connectivity index is 1.75. The maximum Gasteiger partial charge on any atom is 0.251 e. The largest absolute Gasteiger partial charge is 0.372 e. The predicted molar refractivity (Wildman–Crippen MR) is 163 cm³/mol. The van der Waals surface area contributed by atoms with Crippen LogP contribution in [0.5, 0.6) is 0 Å².